The Balaban J connectivity index is 1.85. The Morgan fingerprint density at radius 2 is 2.00 bits per heavy atom. The van der Waals surface area contributed by atoms with E-state index < -0.39 is 0 Å². The highest BCUT2D eigenvalue weighted by atomic mass is 16.5. The number of carbonyl (C=O) groups is 1. The van der Waals surface area contributed by atoms with Crippen molar-refractivity contribution in [2.45, 2.75) is 13.0 Å². The minimum Gasteiger partial charge on any atom is -0.473 e. The van der Waals surface area contributed by atoms with Gasteiger partial charge >= 0.3 is 0 Å². The highest BCUT2D eigenvalue weighted by Gasteiger charge is 2.07. The van der Waals surface area contributed by atoms with Gasteiger partial charge in [-0.15, -0.1) is 0 Å². The molecule has 0 bridgehead atoms. The molecule has 5 nitrogen and oxygen atoms in total. The van der Waals surface area contributed by atoms with Crippen molar-refractivity contribution in [1.82, 2.24) is 15.2 Å². The molecule has 2 aromatic rings. The molecule has 0 fully saturated rings. The summed E-state index contributed by atoms with van der Waals surface area (Å²) in [6.07, 6.45) is 2.51. The average molecular weight is 313 g/mol. The van der Waals surface area contributed by atoms with Crippen LogP contribution in [0.4, 0.5) is 0 Å². The number of amides is 1. The Bertz CT molecular complexity index is 615. The predicted molar refractivity (Wildman–Crippen MR) is 90.5 cm³/mol. The van der Waals surface area contributed by atoms with E-state index in [2.05, 4.69) is 15.2 Å². The molecule has 122 valence electrons. The lowest BCUT2D eigenvalue weighted by atomic mass is 10.2. The standard InChI is InChI=1S/C18H23N3O2/c1-21(2)12-6-10-20-18(22)16-9-11-19-17(13-16)23-14-15-7-4-3-5-8-15/h3-5,7-9,11,13H,6,10,12,14H2,1-2H3,(H,20,22). The van der Waals surface area contributed by atoms with E-state index in [4.69, 9.17) is 4.74 Å². The molecule has 0 saturated carbocycles. The molecule has 1 amide bonds. The summed E-state index contributed by atoms with van der Waals surface area (Å²) in [6, 6.07) is 13.2. The first-order chi connectivity index (χ1) is 11.1. The molecule has 0 aliphatic heterocycles. The number of nitrogens with zero attached hydrogens (tertiary/aromatic N) is 2. The molecule has 1 aromatic heterocycles. The van der Waals surface area contributed by atoms with Crippen LogP contribution in [-0.2, 0) is 6.61 Å². The summed E-state index contributed by atoms with van der Waals surface area (Å²) in [5, 5.41) is 2.91. The van der Waals surface area contributed by atoms with Crippen LogP contribution in [0.1, 0.15) is 22.3 Å². The second-order valence-electron chi connectivity index (χ2n) is 5.57. The predicted octanol–water partition coefficient (Wildman–Crippen LogP) is 2.34. The fraction of sp³-hybridized carbons (Fsp3) is 0.333. The monoisotopic (exact) mass is 313 g/mol. The fourth-order valence-corrected chi connectivity index (χ4v) is 2.06. The normalized spacial score (nSPS) is 10.6. The van der Waals surface area contributed by atoms with Crippen molar-refractivity contribution in [3.8, 4) is 5.88 Å². The molecule has 0 atom stereocenters. The second kappa shape index (κ2) is 8.90. The lowest BCUT2D eigenvalue weighted by Gasteiger charge is -2.10. The summed E-state index contributed by atoms with van der Waals surface area (Å²) >= 11 is 0. The van der Waals surface area contributed by atoms with Gasteiger partial charge in [-0.05, 0) is 38.7 Å². The van der Waals surface area contributed by atoms with Gasteiger partial charge in [0.25, 0.3) is 5.91 Å². The third kappa shape index (κ3) is 6.08. The number of ether oxygens (including phenoxy) is 1. The molecule has 1 N–H and O–H groups in total. The van der Waals surface area contributed by atoms with Crippen molar-refractivity contribution in [3.05, 3.63) is 59.8 Å². The van der Waals surface area contributed by atoms with Gasteiger partial charge in [-0.25, -0.2) is 4.98 Å². The van der Waals surface area contributed by atoms with Gasteiger partial charge < -0.3 is 15.0 Å². The zero-order valence-electron chi connectivity index (χ0n) is 13.7. The topological polar surface area (TPSA) is 54.5 Å². The van der Waals surface area contributed by atoms with Crippen molar-refractivity contribution < 1.29 is 9.53 Å². The smallest absolute Gasteiger partial charge is 0.251 e. The maximum Gasteiger partial charge on any atom is 0.251 e. The number of carbonyl (C=O) groups excluding carboxylic acids is 1. The Morgan fingerprint density at radius 1 is 1.22 bits per heavy atom. The maximum atomic E-state index is 12.1. The SMILES string of the molecule is CN(C)CCCNC(=O)c1ccnc(OCc2ccccc2)c1. The van der Waals surface area contributed by atoms with Gasteiger partial charge in [0, 0.05) is 24.4 Å². The number of nitrogens with one attached hydrogen (secondary N) is 1. The quantitative estimate of drug-likeness (QED) is 0.760. The molecule has 0 aliphatic rings. The van der Waals surface area contributed by atoms with E-state index in [9.17, 15) is 4.79 Å². The Labute approximate surface area is 137 Å². The molecule has 0 aliphatic carbocycles. The summed E-state index contributed by atoms with van der Waals surface area (Å²) in [5.41, 5.74) is 1.63. The van der Waals surface area contributed by atoms with Gasteiger partial charge in [0.1, 0.15) is 6.61 Å². The summed E-state index contributed by atoms with van der Waals surface area (Å²) in [6.45, 7) is 2.03. The van der Waals surface area contributed by atoms with E-state index in [0.29, 0.717) is 24.6 Å². The first-order valence-electron chi connectivity index (χ1n) is 7.71. The average Bonchev–Trinajstić information content (AvgIpc) is 2.58. The third-order valence-electron chi connectivity index (χ3n) is 3.29. The van der Waals surface area contributed by atoms with Crippen LogP contribution in [0.5, 0.6) is 5.88 Å². The highest BCUT2D eigenvalue weighted by molar-refractivity contribution is 5.94. The van der Waals surface area contributed by atoms with Gasteiger partial charge in [-0.1, -0.05) is 30.3 Å². The molecule has 23 heavy (non-hydrogen) atoms. The van der Waals surface area contributed by atoms with E-state index in [0.717, 1.165) is 18.5 Å². The van der Waals surface area contributed by atoms with Crippen molar-refractivity contribution in [2.75, 3.05) is 27.2 Å². The van der Waals surface area contributed by atoms with Crippen molar-refractivity contribution in [1.29, 1.82) is 0 Å². The van der Waals surface area contributed by atoms with Crippen LogP contribution in [0.2, 0.25) is 0 Å². The fourth-order valence-electron chi connectivity index (χ4n) is 2.06. The van der Waals surface area contributed by atoms with Gasteiger partial charge in [-0.3, -0.25) is 4.79 Å². The highest BCUT2D eigenvalue weighted by Crippen LogP contribution is 2.11. The molecule has 2 rings (SSSR count). The zero-order valence-corrected chi connectivity index (χ0v) is 13.7. The van der Waals surface area contributed by atoms with E-state index >= 15 is 0 Å². The van der Waals surface area contributed by atoms with Gasteiger partial charge in [0.15, 0.2) is 0 Å². The molecular formula is C18H23N3O2. The van der Waals surface area contributed by atoms with Crippen LogP contribution in [-0.4, -0.2) is 43.0 Å². The lowest BCUT2D eigenvalue weighted by Crippen LogP contribution is -2.27. The van der Waals surface area contributed by atoms with E-state index in [1.54, 1.807) is 18.3 Å². The Morgan fingerprint density at radius 3 is 2.74 bits per heavy atom. The number of benzene rings is 1. The first-order valence-corrected chi connectivity index (χ1v) is 7.71. The maximum absolute atomic E-state index is 12.1. The molecule has 0 spiro atoms. The number of aromatic nitrogens is 1. The van der Waals surface area contributed by atoms with Crippen molar-refractivity contribution in [3.63, 3.8) is 0 Å². The van der Waals surface area contributed by atoms with Gasteiger partial charge in [0.2, 0.25) is 5.88 Å². The molecular weight excluding hydrogens is 290 g/mol. The third-order valence-corrected chi connectivity index (χ3v) is 3.29. The van der Waals surface area contributed by atoms with E-state index in [-0.39, 0.29) is 5.91 Å². The molecule has 1 heterocycles. The number of pyridine rings is 1. The van der Waals surface area contributed by atoms with Crippen LogP contribution < -0.4 is 10.1 Å². The Kier molecular flexibility index (Phi) is 6.56. The molecule has 5 heteroatoms. The van der Waals surface area contributed by atoms with Crippen LogP contribution in [0.3, 0.4) is 0 Å². The van der Waals surface area contributed by atoms with E-state index in [1.165, 1.54) is 0 Å². The van der Waals surface area contributed by atoms with Gasteiger partial charge in [0.05, 0.1) is 0 Å². The zero-order chi connectivity index (χ0) is 16.5. The van der Waals surface area contributed by atoms with Crippen LogP contribution in [0, 0.1) is 0 Å². The van der Waals surface area contributed by atoms with Gasteiger partial charge in [-0.2, -0.15) is 0 Å². The minimum absolute atomic E-state index is 0.101. The van der Waals surface area contributed by atoms with E-state index in [1.807, 2.05) is 44.4 Å². The summed E-state index contributed by atoms with van der Waals surface area (Å²) in [7, 11) is 4.03. The van der Waals surface area contributed by atoms with Crippen LogP contribution >= 0.6 is 0 Å². The first kappa shape index (κ1) is 17.0. The number of hydrogen-bond donors (Lipinski definition) is 1. The molecule has 0 unspecified atom stereocenters. The molecule has 0 saturated heterocycles. The number of hydrogen-bond acceptors (Lipinski definition) is 4. The second-order valence-corrected chi connectivity index (χ2v) is 5.57. The molecule has 1 aromatic carbocycles. The number of rotatable bonds is 8. The summed E-state index contributed by atoms with van der Waals surface area (Å²) < 4.78 is 5.64. The summed E-state index contributed by atoms with van der Waals surface area (Å²) in [4.78, 5) is 18.3. The van der Waals surface area contributed by atoms with Crippen LogP contribution in [0.25, 0.3) is 0 Å². The Hall–Kier alpha value is -2.40. The lowest BCUT2D eigenvalue weighted by molar-refractivity contribution is 0.0951. The molecule has 0 radical (unpaired) electrons. The summed E-state index contributed by atoms with van der Waals surface area (Å²) in [5.74, 6) is 0.352. The largest absolute Gasteiger partial charge is 0.473 e. The minimum atomic E-state index is -0.101. The van der Waals surface area contributed by atoms with Crippen LogP contribution in [0.15, 0.2) is 48.7 Å². The van der Waals surface area contributed by atoms with Crippen molar-refractivity contribution >= 4 is 5.91 Å². The van der Waals surface area contributed by atoms with Crippen molar-refractivity contribution in [2.24, 2.45) is 0 Å².